The standard InChI is InChI=1S/C58H53BN2O/c1-36-32-45-46(57(7,8)31-30-56(45,5)6)35-48(36)60-49-34-39(55(2,3)4)33-42-40-25-19-27-44-53(40)61(59(51(42)49)52-41-24-15-18-29-50(41)62-54(52)60)47-28-17-16-26-43(47)58(44,37-20-11-9-12-21-37)38-22-13-10-14-23-38/h9-29,32-35H,30-31H2,1-8H3. The van der Waals surface area contributed by atoms with E-state index in [4.69, 9.17) is 4.42 Å². The Hall–Kier alpha value is -6.26. The van der Waals surface area contributed by atoms with Crippen LogP contribution in [0.5, 0.6) is 0 Å². The van der Waals surface area contributed by atoms with E-state index in [2.05, 4.69) is 217 Å². The molecular weight excluding hydrogens is 751 g/mol. The van der Waals surface area contributed by atoms with Crippen LogP contribution in [0.3, 0.4) is 0 Å². The van der Waals surface area contributed by atoms with Crippen molar-refractivity contribution in [3.8, 4) is 11.1 Å². The second-order valence-corrected chi connectivity index (χ2v) is 20.8. The Kier molecular flexibility index (Phi) is 7.66. The molecule has 0 unspecified atom stereocenters. The molecule has 0 fully saturated rings. The number of para-hydroxylation sites is 3. The monoisotopic (exact) mass is 804 g/mol. The first kappa shape index (κ1) is 37.5. The predicted molar refractivity (Wildman–Crippen MR) is 261 cm³/mol. The maximum Gasteiger partial charge on any atom is 0.337 e. The molecule has 3 nitrogen and oxygen atoms in total. The van der Waals surface area contributed by atoms with E-state index >= 15 is 0 Å². The third kappa shape index (κ3) is 4.90. The minimum Gasteiger partial charge on any atom is -0.440 e. The van der Waals surface area contributed by atoms with Crippen LogP contribution in [-0.2, 0) is 21.7 Å². The molecule has 0 spiro atoms. The van der Waals surface area contributed by atoms with Crippen LogP contribution in [0.15, 0.2) is 156 Å². The van der Waals surface area contributed by atoms with Crippen molar-refractivity contribution < 1.29 is 4.42 Å². The van der Waals surface area contributed by atoms with Crippen LogP contribution in [0.25, 0.3) is 22.1 Å². The topological polar surface area (TPSA) is 19.6 Å². The molecule has 3 aliphatic heterocycles. The van der Waals surface area contributed by atoms with Crippen molar-refractivity contribution >= 4 is 57.4 Å². The summed E-state index contributed by atoms with van der Waals surface area (Å²) in [5, 5.41) is 1.16. The van der Waals surface area contributed by atoms with Gasteiger partial charge in [0.2, 0.25) is 5.88 Å². The summed E-state index contributed by atoms with van der Waals surface area (Å²) in [6, 6.07) is 57.5. The minimum atomic E-state index is -0.564. The summed E-state index contributed by atoms with van der Waals surface area (Å²) >= 11 is 0. The first-order chi connectivity index (χ1) is 29.8. The van der Waals surface area contributed by atoms with E-state index in [1.807, 2.05) is 0 Å². The van der Waals surface area contributed by atoms with Gasteiger partial charge >= 0.3 is 6.85 Å². The van der Waals surface area contributed by atoms with Crippen LogP contribution in [0.4, 0.5) is 28.6 Å². The molecule has 0 atom stereocenters. The lowest BCUT2D eigenvalue weighted by molar-refractivity contribution is 0.332. The van der Waals surface area contributed by atoms with Gasteiger partial charge in [0.05, 0.1) is 11.1 Å². The zero-order valence-corrected chi connectivity index (χ0v) is 37.2. The van der Waals surface area contributed by atoms with Crippen LogP contribution < -0.4 is 20.6 Å². The zero-order valence-electron chi connectivity index (χ0n) is 37.2. The molecule has 0 saturated carbocycles. The van der Waals surface area contributed by atoms with Gasteiger partial charge in [-0.15, -0.1) is 0 Å². The highest BCUT2D eigenvalue weighted by molar-refractivity contribution is 6.95. The lowest BCUT2D eigenvalue weighted by atomic mass is 9.42. The lowest BCUT2D eigenvalue weighted by Crippen LogP contribution is -2.63. The summed E-state index contributed by atoms with van der Waals surface area (Å²) in [5.41, 5.74) is 21.0. The first-order valence-electron chi connectivity index (χ1n) is 22.6. The molecule has 8 aromatic rings. The second-order valence-electron chi connectivity index (χ2n) is 20.8. The minimum absolute atomic E-state index is 0.0475. The maximum atomic E-state index is 7.32. The fraction of sp³-hybridized carbons (Fsp3) is 0.241. The smallest absolute Gasteiger partial charge is 0.337 e. The quantitative estimate of drug-likeness (QED) is 0.166. The summed E-state index contributed by atoms with van der Waals surface area (Å²) in [4.78, 5) is 5.23. The van der Waals surface area contributed by atoms with Crippen LogP contribution in [0.2, 0.25) is 0 Å². The molecule has 0 saturated heterocycles. The van der Waals surface area contributed by atoms with Gasteiger partial charge in [-0.05, 0) is 116 Å². The molecule has 0 N–H and O–H groups in total. The Labute approximate surface area is 367 Å². The summed E-state index contributed by atoms with van der Waals surface area (Å²) < 4.78 is 7.32. The van der Waals surface area contributed by atoms with Gasteiger partial charge in [-0.1, -0.05) is 176 Å². The number of aryl methyl sites for hydroxylation is 1. The Balaban J connectivity index is 1.25. The number of fused-ring (bicyclic) bond motifs is 9. The van der Waals surface area contributed by atoms with E-state index in [9.17, 15) is 0 Å². The molecule has 4 heteroatoms. The van der Waals surface area contributed by atoms with Crippen molar-refractivity contribution in [2.75, 3.05) is 9.71 Å². The third-order valence-corrected chi connectivity index (χ3v) is 15.3. The van der Waals surface area contributed by atoms with Crippen LogP contribution in [-0.4, -0.2) is 6.85 Å². The SMILES string of the molecule is Cc1cc2c(cc1N1c3cc(C(C)(C)C)cc4c3B(c3c1oc1ccccc31)N1c3ccccc3C(c3ccccc3)(c3ccccc3)c3cccc-4c31)C(C)(C)CCC2(C)C. The van der Waals surface area contributed by atoms with Gasteiger partial charge in [-0.2, -0.15) is 0 Å². The predicted octanol–water partition coefficient (Wildman–Crippen LogP) is 13.8. The van der Waals surface area contributed by atoms with Crippen molar-refractivity contribution in [1.82, 2.24) is 0 Å². The van der Waals surface area contributed by atoms with Crippen molar-refractivity contribution in [2.45, 2.75) is 89.9 Å². The summed E-state index contributed by atoms with van der Waals surface area (Å²) in [6.07, 6.45) is 2.34. The molecule has 1 aromatic heterocycles. The number of hydrogen-bond acceptors (Lipinski definition) is 3. The average Bonchev–Trinajstić information content (AvgIpc) is 3.66. The van der Waals surface area contributed by atoms with Crippen molar-refractivity contribution in [3.05, 3.63) is 196 Å². The fourth-order valence-corrected chi connectivity index (χ4v) is 12.0. The molecule has 4 aliphatic rings. The Morgan fingerprint density at radius 2 is 1.16 bits per heavy atom. The first-order valence-corrected chi connectivity index (χ1v) is 22.6. The molecule has 12 rings (SSSR count). The Bertz CT molecular complexity index is 3110. The summed E-state index contributed by atoms with van der Waals surface area (Å²) in [5.74, 6) is 0.915. The average molecular weight is 805 g/mol. The number of rotatable bonds is 3. The van der Waals surface area contributed by atoms with E-state index in [-0.39, 0.29) is 23.1 Å². The molecule has 0 radical (unpaired) electrons. The van der Waals surface area contributed by atoms with Gasteiger partial charge in [-0.25, -0.2) is 0 Å². The van der Waals surface area contributed by atoms with Gasteiger partial charge in [0.25, 0.3) is 0 Å². The van der Waals surface area contributed by atoms with Gasteiger partial charge in [0.1, 0.15) is 5.58 Å². The number of benzene rings is 7. The van der Waals surface area contributed by atoms with Gasteiger partial charge in [0, 0.05) is 33.5 Å². The van der Waals surface area contributed by atoms with E-state index in [1.54, 1.807) is 0 Å². The molecule has 0 bridgehead atoms. The van der Waals surface area contributed by atoms with E-state index < -0.39 is 5.41 Å². The van der Waals surface area contributed by atoms with E-state index in [1.165, 1.54) is 95.7 Å². The van der Waals surface area contributed by atoms with Crippen LogP contribution in [0.1, 0.15) is 106 Å². The summed E-state index contributed by atoms with van der Waals surface area (Å²) in [6.45, 7) is 19.0. The molecular formula is C58H53BN2O. The van der Waals surface area contributed by atoms with Crippen LogP contribution >= 0.6 is 0 Å². The fourth-order valence-electron chi connectivity index (χ4n) is 12.0. The Morgan fingerprint density at radius 3 is 1.85 bits per heavy atom. The zero-order chi connectivity index (χ0) is 42.5. The summed E-state index contributed by atoms with van der Waals surface area (Å²) in [7, 11) is 0. The molecule has 304 valence electrons. The third-order valence-electron chi connectivity index (χ3n) is 15.3. The Morgan fingerprint density at radius 1 is 0.548 bits per heavy atom. The number of hydrogen-bond donors (Lipinski definition) is 0. The van der Waals surface area contributed by atoms with E-state index in [0.29, 0.717) is 0 Å². The number of furan rings is 1. The van der Waals surface area contributed by atoms with E-state index in [0.717, 1.165) is 23.3 Å². The molecule has 7 aromatic carbocycles. The molecule has 1 aliphatic carbocycles. The molecule has 0 amide bonds. The van der Waals surface area contributed by atoms with Gasteiger partial charge < -0.3 is 9.23 Å². The van der Waals surface area contributed by atoms with Crippen LogP contribution in [0, 0.1) is 6.92 Å². The van der Waals surface area contributed by atoms with Gasteiger partial charge in [0.15, 0.2) is 0 Å². The second kappa shape index (κ2) is 12.7. The molecule has 4 heterocycles. The normalized spacial score (nSPS) is 17.2. The largest absolute Gasteiger partial charge is 0.440 e. The van der Waals surface area contributed by atoms with Crippen molar-refractivity contribution in [2.24, 2.45) is 0 Å². The maximum absolute atomic E-state index is 7.32. The number of nitrogens with zero attached hydrogens (tertiary/aromatic N) is 2. The lowest BCUT2D eigenvalue weighted by Gasteiger charge is -2.52. The van der Waals surface area contributed by atoms with Gasteiger partial charge in [-0.3, -0.25) is 4.90 Å². The highest BCUT2D eigenvalue weighted by Crippen LogP contribution is 2.61. The molecule has 62 heavy (non-hydrogen) atoms. The number of anilines is 5. The van der Waals surface area contributed by atoms with Crippen molar-refractivity contribution in [1.29, 1.82) is 0 Å². The highest BCUT2D eigenvalue weighted by atomic mass is 16.4. The highest BCUT2D eigenvalue weighted by Gasteiger charge is 2.55. The van der Waals surface area contributed by atoms with Crippen molar-refractivity contribution in [3.63, 3.8) is 0 Å².